The van der Waals surface area contributed by atoms with Crippen molar-refractivity contribution >= 4 is 21.5 Å². The van der Waals surface area contributed by atoms with E-state index in [2.05, 4.69) is 204 Å². The van der Waals surface area contributed by atoms with Gasteiger partial charge in [-0.05, 0) is 114 Å². The first-order chi connectivity index (χ1) is 24.5. The van der Waals surface area contributed by atoms with Crippen LogP contribution in [0.3, 0.4) is 0 Å². The quantitative estimate of drug-likeness (QED) is 0.162. The van der Waals surface area contributed by atoms with Crippen molar-refractivity contribution in [2.45, 2.75) is 64.7 Å². The molecule has 1 heteroatoms. The maximum atomic E-state index is 2.51. The summed E-state index contributed by atoms with van der Waals surface area (Å²) in [6.45, 7) is 13.7. The number of benzene rings is 6. The lowest BCUT2D eigenvalue weighted by Crippen LogP contribution is -2.10. The maximum Gasteiger partial charge on any atom is 0.0531 e. The average molecular weight is 662 g/mol. The van der Waals surface area contributed by atoms with Gasteiger partial charge in [0.1, 0.15) is 0 Å². The Hall–Kier alpha value is -5.40. The molecule has 252 valence electrons. The van der Waals surface area contributed by atoms with E-state index < -0.39 is 0 Å². The van der Waals surface area contributed by atoms with Gasteiger partial charge in [0.05, 0.1) is 5.69 Å². The number of aromatic nitrogens is 1. The number of fused-ring (bicyclic) bond motifs is 2. The summed E-state index contributed by atoms with van der Waals surface area (Å²) in [4.78, 5) is 0. The van der Waals surface area contributed by atoms with Crippen molar-refractivity contribution in [1.29, 1.82) is 0 Å². The van der Waals surface area contributed by atoms with Gasteiger partial charge in [0, 0.05) is 17.3 Å². The fourth-order valence-corrected chi connectivity index (χ4v) is 7.70. The summed E-state index contributed by atoms with van der Waals surface area (Å²) >= 11 is 0. The highest BCUT2D eigenvalue weighted by Gasteiger charge is 2.21. The van der Waals surface area contributed by atoms with Crippen molar-refractivity contribution in [3.63, 3.8) is 0 Å². The van der Waals surface area contributed by atoms with Gasteiger partial charge in [-0.1, -0.05) is 163 Å². The van der Waals surface area contributed by atoms with Crippen LogP contribution in [0.1, 0.15) is 70.7 Å². The summed E-state index contributed by atoms with van der Waals surface area (Å²) < 4.78 is 2.51. The Kier molecular flexibility index (Phi) is 8.19. The highest BCUT2D eigenvalue weighted by atomic mass is 15.0. The molecule has 1 nitrogen and oxygen atoms in total. The van der Waals surface area contributed by atoms with E-state index in [1.807, 2.05) is 0 Å². The molecular weight excluding hydrogens is 615 g/mol. The van der Waals surface area contributed by atoms with Crippen LogP contribution in [0.2, 0.25) is 0 Å². The Bertz CT molecular complexity index is 2420. The Balaban J connectivity index is 1.39. The van der Waals surface area contributed by atoms with Gasteiger partial charge in [0.2, 0.25) is 0 Å². The van der Waals surface area contributed by atoms with Crippen LogP contribution in [0.5, 0.6) is 0 Å². The van der Waals surface area contributed by atoms with E-state index >= 15 is 0 Å². The van der Waals surface area contributed by atoms with E-state index in [-0.39, 0.29) is 10.8 Å². The van der Waals surface area contributed by atoms with Gasteiger partial charge < -0.3 is 4.57 Å². The molecule has 0 amide bonds. The number of rotatable bonds is 5. The number of allylic oxidation sites excluding steroid dienone is 4. The first-order valence-corrected chi connectivity index (χ1v) is 18.4. The van der Waals surface area contributed by atoms with Gasteiger partial charge in [-0.25, -0.2) is 0 Å². The van der Waals surface area contributed by atoms with Crippen molar-refractivity contribution < 1.29 is 0 Å². The lowest BCUT2D eigenvalue weighted by atomic mass is 9.85. The van der Waals surface area contributed by atoms with E-state index in [4.69, 9.17) is 0 Å². The topological polar surface area (TPSA) is 4.93 Å². The zero-order valence-electron chi connectivity index (χ0n) is 30.7. The van der Waals surface area contributed by atoms with Crippen LogP contribution in [0.25, 0.3) is 60.7 Å². The largest absolute Gasteiger partial charge is 0.313 e. The molecule has 0 radical (unpaired) electrons. The molecule has 1 heterocycles. The van der Waals surface area contributed by atoms with Gasteiger partial charge in [-0.15, -0.1) is 0 Å². The van der Waals surface area contributed by atoms with Gasteiger partial charge in [-0.2, -0.15) is 0 Å². The van der Waals surface area contributed by atoms with Crippen LogP contribution in [0.4, 0.5) is 0 Å². The first kappa shape index (κ1) is 32.8. The molecule has 1 atom stereocenters. The van der Waals surface area contributed by atoms with E-state index in [1.165, 1.54) is 77.6 Å². The van der Waals surface area contributed by atoms with Crippen LogP contribution in [-0.2, 0) is 10.8 Å². The second kappa shape index (κ2) is 12.7. The fourth-order valence-electron chi connectivity index (χ4n) is 7.70. The van der Waals surface area contributed by atoms with Crippen molar-refractivity contribution in [3.8, 4) is 39.2 Å². The molecule has 1 aromatic heterocycles. The molecule has 1 aliphatic rings. The molecule has 8 rings (SSSR count). The molecule has 1 aliphatic carbocycles. The molecular formula is C50H47N. The predicted molar refractivity (Wildman–Crippen MR) is 220 cm³/mol. The third-order valence-electron chi connectivity index (χ3n) is 10.7. The average Bonchev–Trinajstić information content (AvgIpc) is 3.59. The molecule has 0 fully saturated rings. The minimum absolute atomic E-state index is 0.0900. The summed E-state index contributed by atoms with van der Waals surface area (Å²) in [5.41, 5.74) is 12.8. The summed E-state index contributed by atoms with van der Waals surface area (Å²) in [5, 5.41) is 5.04. The third kappa shape index (κ3) is 6.27. The second-order valence-corrected chi connectivity index (χ2v) is 16.2. The second-order valence-electron chi connectivity index (χ2n) is 16.2. The molecule has 0 N–H and O–H groups in total. The lowest BCUT2D eigenvalue weighted by Gasteiger charge is -2.22. The van der Waals surface area contributed by atoms with Crippen LogP contribution in [0, 0.1) is 0 Å². The van der Waals surface area contributed by atoms with Crippen LogP contribution in [-0.4, -0.2) is 4.57 Å². The zero-order chi connectivity index (χ0) is 35.3. The normalized spacial score (nSPS) is 14.8. The molecule has 0 spiro atoms. The number of hydrogen-bond donors (Lipinski definition) is 0. The van der Waals surface area contributed by atoms with E-state index in [0.29, 0.717) is 5.92 Å². The Morgan fingerprint density at radius 1 is 0.510 bits per heavy atom. The van der Waals surface area contributed by atoms with Crippen molar-refractivity contribution in [3.05, 3.63) is 175 Å². The third-order valence-corrected chi connectivity index (χ3v) is 10.7. The van der Waals surface area contributed by atoms with E-state index in [9.17, 15) is 0 Å². The summed E-state index contributed by atoms with van der Waals surface area (Å²) in [6.07, 6.45) is 9.98. The summed E-state index contributed by atoms with van der Waals surface area (Å²) in [5.74, 6) is 0.303. The first-order valence-electron chi connectivity index (χ1n) is 18.4. The zero-order valence-corrected chi connectivity index (χ0v) is 30.7. The number of hydrogen-bond acceptors (Lipinski definition) is 0. The van der Waals surface area contributed by atoms with Gasteiger partial charge in [0.15, 0.2) is 0 Å². The molecule has 51 heavy (non-hydrogen) atoms. The Morgan fingerprint density at radius 3 is 1.76 bits per heavy atom. The van der Waals surface area contributed by atoms with Gasteiger partial charge >= 0.3 is 0 Å². The minimum atomic E-state index is 0.0900. The van der Waals surface area contributed by atoms with Crippen LogP contribution >= 0.6 is 0 Å². The molecule has 0 saturated heterocycles. The smallest absolute Gasteiger partial charge is 0.0531 e. The van der Waals surface area contributed by atoms with E-state index in [1.54, 1.807) is 0 Å². The number of nitrogens with zero attached hydrogens (tertiary/aromatic N) is 1. The molecule has 1 unspecified atom stereocenters. The van der Waals surface area contributed by atoms with Crippen molar-refractivity contribution in [2.24, 2.45) is 0 Å². The van der Waals surface area contributed by atoms with Gasteiger partial charge in [-0.3, -0.25) is 0 Å². The Labute approximate surface area is 303 Å². The Morgan fingerprint density at radius 2 is 1.14 bits per heavy atom. The predicted octanol–water partition coefficient (Wildman–Crippen LogP) is 14.0. The van der Waals surface area contributed by atoms with Crippen LogP contribution in [0.15, 0.2) is 158 Å². The maximum absolute atomic E-state index is 2.51. The van der Waals surface area contributed by atoms with Crippen molar-refractivity contribution in [2.75, 3.05) is 0 Å². The van der Waals surface area contributed by atoms with E-state index in [0.717, 1.165) is 6.42 Å². The van der Waals surface area contributed by atoms with Crippen LogP contribution < -0.4 is 0 Å². The minimum Gasteiger partial charge on any atom is -0.313 e. The fraction of sp³-hybridized carbons (Fsp3) is 0.200. The standard InChI is InChI=1S/C50H47N/c1-49(2,3)40-24-20-34(21-25-40)43-19-13-18-38-31-45-39(32-44(38)43)30-42(33-46(45)35-22-26-41(27-23-35)50(4,5)6)51-47(36-14-9-7-10-15-36)28-29-48(51)37-16-11-8-12-17-37/h7-16,18-33,37H,17H2,1-6H3. The monoisotopic (exact) mass is 661 g/mol. The molecule has 6 aromatic carbocycles. The van der Waals surface area contributed by atoms with Gasteiger partial charge in [0.25, 0.3) is 0 Å². The lowest BCUT2D eigenvalue weighted by molar-refractivity contribution is 0.590. The summed E-state index contributed by atoms with van der Waals surface area (Å²) in [6, 6.07) is 50.3. The molecule has 0 saturated carbocycles. The highest BCUT2D eigenvalue weighted by Crippen LogP contribution is 2.41. The molecule has 7 aromatic rings. The highest BCUT2D eigenvalue weighted by molar-refractivity contribution is 6.09. The summed E-state index contributed by atoms with van der Waals surface area (Å²) in [7, 11) is 0. The SMILES string of the molecule is CC(C)(C)c1ccc(-c2cccc3cc4c(-c5ccc(C(C)(C)C)cc5)cc(-n5c(-c6ccccc6)ccc5C5C=CC=CC5)cc4cc23)cc1. The van der Waals surface area contributed by atoms with Crippen molar-refractivity contribution in [1.82, 2.24) is 4.57 Å². The molecule has 0 bridgehead atoms. The molecule has 0 aliphatic heterocycles.